The molecule has 0 fully saturated rings. The second kappa shape index (κ2) is 6.67. The molecular weight excluding hydrogens is 322 g/mol. The highest BCUT2D eigenvalue weighted by atomic mass is 79.9. The Kier molecular flexibility index (Phi) is 4.92. The molecule has 1 N–H and O–H groups in total. The van der Waals surface area contributed by atoms with Gasteiger partial charge in [0.15, 0.2) is 5.82 Å². The van der Waals surface area contributed by atoms with E-state index in [1.165, 1.54) is 0 Å². The molecule has 0 aliphatic rings. The Morgan fingerprint density at radius 2 is 2.00 bits per heavy atom. The summed E-state index contributed by atoms with van der Waals surface area (Å²) in [4.78, 5) is 8.70. The van der Waals surface area contributed by atoms with Crippen LogP contribution < -0.4 is 10.1 Å². The number of rotatable bonds is 5. The number of aromatic nitrogens is 2. The van der Waals surface area contributed by atoms with Gasteiger partial charge in [-0.2, -0.15) is 0 Å². The van der Waals surface area contributed by atoms with Crippen molar-refractivity contribution in [1.29, 1.82) is 0 Å². The number of aryl methyl sites for hydroxylation is 1. The van der Waals surface area contributed by atoms with Gasteiger partial charge in [-0.25, -0.2) is 9.97 Å². The van der Waals surface area contributed by atoms with E-state index in [-0.39, 0.29) is 0 Å². The fourth-order valence-electron chi connectivity index (χ4n) is 1.77. The summed E-state index contributed by atoms with van der Waals surface area (Å²) in [6.45, 7) is 2.31. The quantitative estimate of drug-likeness (QED) is 0.905. The number of anilines is 2. The summed E-state index contributed by atoms with van der Waals surface area (Å²) in [5.74, 6) is 2.14. The molecule has 0 spiro atoms. The predicted octanol–water partition coefficient (Wildman–Crippen LogP) is 3.45. The highest BCUT2D eigenvalue weighted by Crippen LogP contribution is 2.29. The van der Waals surface area contributed by atoms with Crippen LogP contribution in [-0.2, 0) is 11.3 Å². The van der Waals surface area contributed by atoms with E-state index in [2.05, 4.69) is 31.2 Å². The van der Waals surface area contributed by atoms with Crippen molar-refractivity contribution in [2.45, 2.75) is 13.5 Å². The van der Waals surface area contributed by atoms with Gasteiger partial charge in [0, 0.05) is 30.6 Å². The Balaban J connectivity index is 2.25. The molecule has 0 radical (unpaired) electrons. The number of halogens is 1. The molecule has 1 aromatic heterocycles. The normalized spacial score (nSPS) is 10.4. The lowest BCUT2D eigenvalue weighted by Gasteiger charge is -2.10. The van der Waals surface area contributed by atoms with Crippen LogP contribution in [0.2, 0.25) is 0 Å². The average molecular weight is 338 g/mol. The summed E-state index contributed by atoms with van der Waals surface area (Å²) in [5.41, 5.74) is 1.78. The van der Waals surface area contributed by atoms with Gasteiger partial charge in [-0.15, -0.1) is 0 Å². The first kappa shape index (κ1) is 14.7. The van der Waals surface area contributed by atoms with E-state index in [0.717, 1.165) is 27.4 Å². The molecule has 6 heteroatoms. The molecule has 106 valence electrons. The number of ether oxygens (including phenoxy) is 2. The number of nitrogens with zero attached hydrogens (tertiary/aromatic N) is 2. The molecule has 0 saturated carbocycles. The molecule has 0 atom stereocenters. The second-order valence-electron chi connectivity index (χ2n) is 4.22. The Labute approximate surface area is 126 Å². The highest BCUT2D eigenvalue weighted by Gasteiger charge is 2.05. The number of hydrogen-bond donors (Lipinski definition) is 1. The van der Waals surface area contributed by atoms with Crippen LogP contribution >= 0.6 is 15.9 Å². The standard InChI is InChI=1S/C14H16BrN3O2/c1-9-6-13(18-14(16-9)8-19-2)17-10-4-5-11(15)12(7-10)20-3/h4-7H,8H2,1-3H3,(H,16,17,18). The number of nitrogens with one attached hydrogen (secondary N) is 1. The minimum absolute atomic E-state index is 0.389. The Hall–Kier alpha value is -1.66. The van der Waals surface area contributed by atoms with Gasteiger partial charge < -0.3 is 14.8 Å². The molecule has 2 rings (SSSR count). The van der Waals surface area contributed by atoms with Crippen molar-refractivity contribution in [3.8, 4) is 5.75 Å². The monoisotopic (exact) mass is 337 g/mol. The fraction of sp³-hybridized carbons (Fsp3) is 0.286. The van der Waals surface area contributed by atoms with Gasteiger partial charge in [0.2, 0.25) is 0 Å². The summed E-state index contributed by atoms with van der Waals surface area (Å²) < 4.78 is 11.2. The zero-order valence-electron chi connectivity index (χ0n) is 11.6. The van der Waals surface area contributed by atoms with Crippen molar-refractivity contribution in [1.82, 2.24) is 9.97 Å². The highest BCUT2D eigenvalue weighted by molar-refractivity contribution is 9.10. The van der Waals surface area contributed by atoms with E-state index >= 15 is 0 Å². The lowest BCUT2D eigenvalue weighted by molar-refractivity contribution is 0.177. The van der Waals surface area contributed by atoms with Crippen LogP contribution in [0.1, 0.15) is 11.5 Å². The Bertz CT molecular complexity index is 605. The van der Waals surface area contributed by atoms with Crippen LogP contribution in [0.5, 0.6) is 5.75 Å². The van der Waals surface area contributed by atoms with Gasteiger partial charge in [-0.3, -0.25) is 0 Å². The van der Waals surface area contributed by atoms with Crippen LogP contribution in [0.3, 0.4) is 0 Å². The van der Waals surface area contributed by atoms with Gasteiger partial charge >= 0.3 is 0 Å². The van der Waals surface area contributed by atoms with Gasteiger partial charge in [-0.05, 0) is 35.0 Å². The van der Waals surface area contributed by atoms with Crippen molar-refractivity contribution in [2.75, 3.05) is 19.5 Å². The molecule has 1 aromatic carbocycles. The van der Waals surface area contributed by atoms with E-state index in [0.29, 0.717) is 12.4 Å². The molecule has 20 heavy (non-hydrogen) atoms. The van der Waals surface area contributed by atoms with Crippen molar-refractivity contribution < 1.29 is 9.47 Å². The lowest BCUT2D eigenvalue weighted by atomic mass is 10.3. The third-order valence-corrected chi connectivity index (χ3v) is 3.25. The van der Waals surface area contributed by atoms with Gasteiger partial charge in [0.1, 0.15) is 18.2 Å². The minimum atomic E-state index is 0.389. The maximum absolute atomic E-state index is 5.27. The third kappa shape index (κ3) is 3.68. The molecule has 2 aromatic rings. The van der Waals surface area contributed by atoms with Gasteiger partial charge in [0.05, 0.1) is 11.6 Å². The van der Waals surface area contributed by atoms with E-state index in [1.54, 1.807) is 14.2 Å². The van der Waals surface area contributed by atoms with E-state index in [1.807, 2.05) is 31.2 Å². The lowest BCUT2D eigenvalue weighted by Crippen LogP contribution is -2.03. The summed E-state index contributed by atoms with van der Waals surface area (Å²) in [7, 11) is 3.26. The first-order valence-corrected chi connectivity index (χ1v) is 6.85. The van der Waals surface area contributed by atoms with Crippen LogP contribution in [0.15, 0.2) is 28.7 Å². The zero-order valence-corrected chi connectivity index (χ0v) is 13.2. The maximum Gasteiger partial charge on any atom is 0.156 e. The molecule has 0 aliphatic heterocycles. The second-order valence-corrected chi connectivity index (χ2v) is 5.07. The van der Waals surface area contributed by atoms with Crippen LogP contribution in [0.4, 0.5) is 11.5 Å². The van der Waals surface area contributed by atoms with E-state index in [9.17, 15) is 0 Å². The Morgan fingerprint density at radius 3 is 2.70 bits per heavy atom. The maximum atomic E-state index is 5.27. The van der Waals surface area contributed by atoms with Crippen LogP contribution in [0.25, 0.3) is 0 Å². The molecule has 0 aliphatic carbocycles. The SMILES string of the molecule is COCc1nc(C)cc(Nc2ccc(Br)c(OC)c2)n1. The smallest absolute Gasteiger partial charge is 0.156 e. The van der Waals surface area contributed by atoms with Crippen molar-refractivity contribution in [3.63, 3.8) is 0 Å². The Morgan fingerprint density at radius 1 is 1.20 bits per heavy atom. The topological polar surface area (TPSA) is 56.3 Å². The molecule has 0 saturated heterocycles. The van der Waals surface area contributed by atoms with Crippen molar-refractivity contribution >= 4 is 27.4 Å². The zero-order chi connectivity index (χ0) is 14.5. The number of benzene rings is 1. The largest absolute Gasteiger partial charge is 0.495 e. The van der Waals surface area contributed by atoms with E-state index < -0.39 is 0 Å². The van der Waals surface area contributed by atoms with Crippen LogP contribution in [0, 0.1) is 6.92 Å². The third-order valence-electron chi connectivity index (χ3n) is 2.60. The summed E-state index contributed by atoms with van der Waals surface area (Å²) in [6.07, 6.45) is 0. The molecular formula is C14H16BrN3O2. The first-order valence-electron chi connectivity index (χ1n) is 6.06. The first-order chi connectivity index (χ1) is 9.62. The molecule has 0 bridgehead atoms. The van der Waals surface area contributed by atoms with E-state index in [4.69, 9.17) is 9.47 Å². The average Bonchev–Trinajstić information content (AvgIpc) is 2.40. The van der Waals surface area contributed by atoms with Crippen molar-refractivity contribution in [2.24, 2.45) is 0 Å². The molecule has 0 amide bonds. The minimum Gasteiger partial charge on any atom is -0.495 e. The number of methoxy groups -OCH3 is 2. The summed E-state index contributed by atoms with van der Waals surface area (Å²) in [6, 6.07) is 7.65. The fourth-order valence-corrected chi connectivity index (χ4v) is 2.18. The molecule has 0 unspecified atom stereocenters. The van der Waals surface area contributed by atoms with Gasteiger partial charge in [0.25, 0.3) is 0 Å². The molecule has 5 nitrogen and oxygen atoms in total. The predicted molar refractivity (Wildman–Crippen MR) is 81.5 cm³/mol. The van der Waals surface area contributed by atoms with Crippen molar-refractivity contribution in [3.05, 3.63) is 40.3 Å². The number of hydrogen-bond acceptors (Lipinski definition) is 5. The van der Waals surface area contributed by atoms with Crippen LogP contribution in [-0.4, -0.2) is 24.2 Å². The summed E-state index contributed by atoms with van der Waals surface area (Å²) in [5, 5.41) is 3.24. The molecule has 1 heterocycles. The van der Waals surface area contributed by atoms with Gasteiger partial charge in [-0.1, -0.05) is 0 Å². The summed E-state index contributed by atoms with van der Waals surface area (Å²) >= 11 is 3.42.